The standard InChI is InChI=1S/C10H14N2O4S/c13-7-9-8-16-5-4-12(9)17(14,15)10-2-1-3-11-6-10/h1-3,6,9,13H,4-5,7-8H2. The zero-order valence-electron chi connectivity index (χ0n) is 9.19. The van der Waals surface area contributed by atoms with E-state index < -0.39 is 16.1 Å². The number of hydrogen-bond donors (Lipinski definition) is 1. The summed E-state index contributed by atoms with van der Waals surface area (Å²) in [4.78, 5) is 3.94. The lowest BCUT2D eigenvalue weighted by Gasteiger charge is -2.33. The quantitative estimate of drug-likeness (QED) is 0.788. The molecule has 0 spiro atoms. The fourth-order valence-electron chi connectivity index (χ4n) is 1.73. The Bertz CT molecular complexity index is 462. The first-order valence-electron chi connectivity index (χ1n) is 5.26. The van der Waals surface area contributed by atoms with Crippen molar-refractivity contribution in [2.45, 2.75) is 10.9 Å². The Morgan fingerprint density at radius 2 is 2.41 bits per heavy atom. The molecule has 1 aliphatic rings. The van der Waals surface area contributed by atoms with Gasteiger partial charge in [0.15, 0.2) is 0 Å². The predicted molar refractivity (Wildman–Crippen MR) is 59.8 cm³/mol. The molecule has 1 aliphatic heterocycles. The van der Waals surface area contributed by atoms with Crippen LogP contribution in [-0.2, 0) is 14.8 Å². The van der Waals surface area contributed by atoms with Crippen molar-refractivity contribution in [1.82, 2.24) is 9.29 Å². The van der Waals surface area contributed by atoms with E-state index in [4.69, 9.17) is 9.84 Å². The molecule has 94 valence electrons. The van der Waals surface area contributed by atoms with Crippen molar-refractivity contribution in [3.63, 3.8) is 0 Å². The minimum atomic E-state index is -3.59. The maximum atomic E-state index is 12.3. The molecule has 2 rings (SSSR count). The van der Waals surface area contributed by atoms with Gasteiger partial charge >= 0.3 is 0 Å². The number of nitrogens with zero attached hydrogens (tertiary/aromatic N) is 2. The molecule has 0 amide bonds. The topological polar surface area (TPSA) is 79.7 Å². The van der Waals surface area contributed by atoms with Gasteiger partial charge in [0, 0.05) is 18.9 Å². The van der Waals surface area contributed by atoms with Crippen molar-refractivity contribution in [3.05, 3.63) is 24.5 Å². The Morgan fingerprint density at radius 1 is 1.59 bits per heavy atom. The number of aromatic nitrogens is 1. The molecule has 1 N–H and O–H groups in total. The van der Waals surface area contributed by atoms with E-state index in [-0.39, 0.29) is 24.7 Å². The van der Waals surface area contributed by atoms with E-state index in [0.29, 0.717) is 6.61 Å². The van der Waals surface area contributed by atoms with Crippen LogP contribution in [0.3, 0.4) is 0 Å². The smallest absolute Gasteiger partial charge is 0.245 e. The molecule has 7 heteroatoms. The number of pyridine rings is 1. The van der Waals surface area contributed by atoms with Crippen LogP contribution in [0.25, 0.3) is 0 Å². The highest BCUT2D eigenvalue weighted by molar-refractivity contribution is 7.89. The monoisotopic (exact) mass is 258 g/mol. The van der Waals surface area contributed by atoms with Crippen LogP contribution in [-0.4, -0.2) is 55.2 Å². The first-order valence-corrected chi connectivity index (χ1v) is 6.71. The molecule has 2 heterocycles. The van der Waals surface area contributed by atoms with E-state index in [2.05, 4.69) is 4.98 Å². The number of aliphatic hydroxyl groups excluding tert-OH is 1. The third kappa shape index (κ3) is 2.47. The molecule has 0 saturated carbocycles. The molecular formula is C10H14N2O4S. The molecule has 6 nitrogen and oxygen atoms in total. The molecule has 0 aliphatic carbocycles. The van der Waals surface area contributed by atoms with Gasteiger partial charge in [-0.3, -0.25) is 4.98 Å². The van der Waals surface area contributed by atoms with Crippen LogP contribution in [0.5, 0.6) is 0 Å². The van der Waals surface area contributed by atoms with Crippen molar-refractivity contribution in [1.29, 1.82) is 0 Å². The van der Waals surface area contributed by atoms with Crippen LogP contribution in [0, 0.1) is 0 Å². The lowest BCUT2D eigenvalue weighted by Crippen LogP contribution is -2.50. The Hall–Kier alpha value is -1.02. The lowest BCUT2D eigenvalue weighted by atomic mass is 10.3. The Balaban J connectivity index is 2.31. The molecule has 0 radical (unpaired) electrons. The minimum absolute atomic E-state index is 0.139. The highest BCUT2D eigenvalue weighted by atomic mass is 32.2. The summed E-state index contributed by atoms with van der Waals surface area (Å²) in [6, 6.07) is 2.54. The van der Waals surface area contributed by atoms with Crippen molar-refractivity contribution in [2.75, 3.05) is 26.4 Å². The predicted octanol–water partition coefficient (Wildman–Crippen LogP) is -0.537. The number of aliphatic hydroxyl groups is 1. The van der Waals surface area contributed by atoms with Crippen LogP contribution >= 0.6 is 0 Å². The van der Waals surface area contributed by atoms with Gasteiger partial charge in [0.2, 0.25) is 10.0 Å². The van der Waals surface area contributed by atoms with Crippen molar-refractivity contribution in [3.8, 4) is 0 Å². The van der Waals surface area contributed by atoms with E-state index >= 15 is 0 Å². The maximum Gasteiger partial charge on any atom is 0.245 e. The molecule has 0 bridgehead atoms. The molecular weight excluding hydrogens is 244 g/mol. The van der Waals surface area contributed by atoms with E-state index in [1.165, 1.54) is 22.8 Å². The largest absolute Gasteiger partial charge is 0.395 e. The highest BCUT2D eigenvalue weighted by Crippen LogP contribution is 2.19. The highest BCUT2D eigenvalue weighted by Gasteiger charge is 2.33. The van der Waals surface area contributed by atoms with E-state index in [9.17, 15) is 8.42 Å². The Labute approximate surface area is 99.9 Å². The summed E-state index contributed by atoms with van der Waals surface area (Å²) < 4.78 is 31.0. The van der Waals surface area contributed by atoms with Crippen LogP contribution in [0.2, 0.25) is 0 Å². The second-order valence-electron chi connectivity index (χ2n) is 3.72. The average Bonchev–Trinajstić information content (AvgIpc) is 2.39. The summed E-state index contributed by atoms with van der Waals surface area (Å²) in [5, 5.41) is 9.17. The van der Waals surface area contributed by atoms with Crippen molar-refractivity contribution >= 4 is 10.0 Å². The number of ether oxygens (including phenoxy) is 1. The summed E-state index contributed by atoms with van der Waals surface area (Å²) in [5.74, 6) is 0. The Morgan fingerprint density at radius 3 is 3.06 bits per heavy atom. The van der Waals surface area contributed by atoms with Crippen molar-refractivity contribution in [2.24, 2.45) is 0 Å². The molecule has 17 heavy (non-hydrogen) atoms. The zero-order chi connectivity index (χ0) is 12.3. The van der Waals surface area contributed by atoms with Gasteiger partial charge in [-0.2, -0.15) is 4.31 Å². The summed E-state index contributed by atoms with van der Waals surface area (Å²) in [5.41, 5.74) is 0. The van der Waals surface area contributed by atoms with Gasteiger partial charge in [0.1, 0.15) is 4.90 Å². The number of hydrogen-bond acceptors (Lipinski definition) is 5. The van der Waals surface area contributed by atoms with E-state index in [1.54, 1.807) is 6.07 Å². The fraction of sp³-hybridized carbons (Fsp3) is 0.500. The summed E-state index contributed by atoms with van der Waals surface area (Å²) in [7, 11) is -3.59. The van der Waals surface area contributed by atoms with Gasteiger partial charge in [0.25, 0.3) is 0 Å². The second kappa shape index (κ2) is 5.09. The van der Waals surface area contributed by atoms with Gasteiger partial charge in [-0.25, -0.2) is 8.42 Å². The molecule has 1 aromatic rings. The lowest BCUT2D eigenvalue weighted by molar-refractivity contribution is 0.0109. The first kappa shape index (κ1) is 12.4. The van der Waals surface area contributed by atoms with Gasteiger partial charge in [0.05, 0.1) is 25.9 Å². The SMILES string of the molecule is O=S(=O)(c1cccnc1)N1CCOCC1CO. The Kier molecular flexibility index (Phi) is 3.72. The zero-order valence-corrected chi connectivity index (χ0v) is 10.0. The third-order valence-electron chi connectivity index (χ3n) is 2.63. The summed E-state index contributed by atoms with van der Waals surface area (Å²) in [6.45, 7) is 0.563. The first-order chi connectivity index (χ1) is 8.16. The maximum absolute atomic E-state index is 12.3. The van der Waals surface area contributed by atoms with Gasteiger partial charge in [-0.1, -0.05) is 0 Å². The normalized spacial score (nSPS) is 22.5. The second-order valence-corrected chi connectivity index (χ2v) is 5.61. The van der Waals surface area contributed by atoms with Gasteiger partial charge in [-0.15, -0.1) is 0 Å². The fourth-order valence-corrected chi connectivity index (χ4v) is 3.29. The van der Waals surface area contributed by atoms with E-state index in [1.807, 2.05) is 0 Å². The van der Waals surface area contributed by atoms with Crippen LogP contribution in [0.15, 0.2) is 29.4 Å². The molecule has 1 unspecified atom stereocenters. The van der Waals surface area contributed by atoms with Crippen LogP contribution < -0.4 is 0 Å². The summed E-state index contributed by atoms with van der Waals surface area (Å²) >= 11 is 0. The molecule has 1 fully saturated rings. The van der Waals surface area contributed by atoms with Crippen molar-refractivity contribution < 1.29 is 18.3 Å². The summed E-state index contributed by atoms with van der Waals surface area (Å²) in [6.07, 6.45) is 2.82. The van der Waals surface area contributed by atoms with Gasteiger partial charge in [-0.05, 0) is 12.1 Å². The van der Waals surface area contributed by atoms with Crippen LogP contribution in [0.4, 0.5) is 0 Å². The van der Waals surface area contributed by atoms with Crippen LogP contribution in [0.1, 0.15) is 0 Å². The number of sulfonamides is 1. The minimum Gasteiger partial charge on any atom is -0.395 e. The molecule has 0 aromatic carbocycles. The number of morpholine rings is 1. The van der Waals surface area contributed by atoms with Gasteiger partial charge < -0.3 is 9.84 Å². The third-order valence-corrected chi connectivity index (χ3v) is 4.56. The molecule has 1 atom stereocenters. The van der Waals surface area contributed by atoms with E-state index in [0.717, 1.165) is 0 Å². The average molecular weight is 258 g/mol. The molecule has 1 saturated heterocycles. The number of rotatable bonds is 3. The molecule has 1 aromatic heterocycles.